The Kier molecular flexibility index (Phi) is 2.99. The molecule has 0 unspecified atom stereocenters. The quantitative estimate of drug-likeness (QED) is 0.864. The lowest BCUT2D eigenvalue weighted by molar-refractivity contribution is 0.694. The number of aryl methyl sites for hydroxylation is 1. The van der Waals surface area contributed by atoms with Gasteiger partial charge in [0, 0.05) is 14.1 Å². The summed E-state index contributed by atoms with van der Waals surface area (Å²) in [5.41, 5.74) is 8.23. The summed E-state index contributed by atoms with van der Waals surface area (Å²) in [6.07, 6.45) is 0. The van der Waals surface area contributed by atoms with Crippen molar-refractivity contribution in [2.45, 2.75) is 13.5 Å². The fourth-order valence-electron chi connectivity index (χ4n) is 1.51. The molecule has 0 radical (unpaired) electrons. The molecule has 0 spiro atoms. The van der Waals surface area contributed by atoms with Gasteiger partial charge in [0.1, 0.15) is 0 Å². The zero-order chi connectivity index (χ0) is 12.4. The number of benzene rings is 1. The van der Waals surface area contributed by atoms with Crippen LogP contribution in [0.2, 0.25) is 0 Å². The molecule has 0 saturated carbocycles. The predicted octanol–water partition coefficient (Wildman–Crippen LogP) is 1.28. The summed E-state index contributed by atoms with van der Waals surface area (Å²) in [4.78, 5) is 6.01. The van der Waals surface area contributed by atoms with E-state index in [2.05, 4.69) is 41.3 Å². The normalized spacial score (nSPS) is 10.5. The number of aromatic nitrogens is 3. The molecule has 2 rings (SSSR count). The zero-order valence-corrected chi connectivity index (χ0v) is 10.4. The molecule has 0 atom stereocenters. The molecule has 5 heteroatoms. The van der Waals surface area contributed by atoms with Crippen LogP contribution in [0, 0.1) is 6.92 Å². The highest BCUT2D eigenvalue weighted by Gasteiger charge is 2.08. The topological polar surface area (TPSA) is 60.0 Å². The molecule has 0 aliphatic carbocycles. The third-order valence-corrected chi connectivity index (χ3v) is 2.54. The molecule has 0 bridgehead atoms. The van der Waals surface area contributed by atoms with E-state index < -0.39 is 0 Å². The van der Waals surface area contributed by atoms with Crippen molar-refractivity contribution < 1.29 is 0 Å². The molecule has 1 heterocycles. The van der Waals surface area contributed by atoms with E-state index in [9.17, 15) is 0 Å². The number of hydrogen-bond acceptors (Lipinski definition) is 4. The third-order valence-electron chi connectivity index (χ3n) is 2.54. The van der Waals surface area contributed by atoms with E-state index in [0.29, 0.717) is 18.4 Å². The maximum absolute atomic E-state index is 5.82. The molecule has 0 aliphatic heterocycles. The Labute approximate surface area is 101 Å². The van der Waals surface area contributed by atoms with Crippen LogP contribution in [0.25, 0.3) is 0 Å². The molecule has 0 fully saturated rings. The molecule has 17 heavy (non-hydrogen) atoms. The summed E-state index contributed by atoms with van der Waals surface area (Å²) in [5, 5.41) is 4.33. The molecule has 2 aromatic rings. The first-order valence-electron chi connectivity index (χ1n) is 5.49. The van der Waals surface area contributed by atoms with Gasteiger partial charge in [0.2, 0.25) is 11.9 Å². The van der Waals surface area contributed by atoms with E-state index in [0.717, 1.165) is 5.56 Å². The summed E-state index contributed by atoms with van der Waals surface area (Å²) in [5.74, 6) is 1.07. The van der Waals surface area contributed by atoms with Crippen LogP contribution in [0.4, 0.5) is 11.9 Å². The SMILES string of the molecule is Cc1ccc(Cn2nc(N(C)C)nc2N)cc1. The fraction of sp³-hybridized carbons (Fsp3) is 0.333. The van der Waals surface area contributed by atoms with Crippen LogP contribution in [-0.4, -0.2) is 28.9 Å². The fourth-order valence-corrected chi connectivity index (χ4v) is 1.51. The highest BCUT2D eigenvalue weighted by molar-refractivity contribution is 5.33. The van der Waals surface area contributed by atoms with Gasteiger partial charge in [-0.25, -0.2) is 4.68 Å². The Morgan fingerprint density at radius 2 is 1.88 bits per heavy atom. The second-order valence-corrected chi connectivity index (χ2v) is 4.31. The van der Waals surface area contributed by atoms with Crippen LogP contribution in [-0.2, 0) is 6.54 Å². The molecule has 2 N–H and O–H groups in total. The summed E-state index contributed by atoms with van der Waals surface area (Å²) in [7, 11) is 3.79. The molecular formula is C12H17N5. The number of rotatable bonds is 3. The smallest absolute Gasteiger partial charge is 0.246 e. The van der Waals surface area contributed by atoms with Gasteiger partial charge in [-0.3, -0.25) is 0 Å². The first kappa shape index (κ1) is 11.4. The minimum absolute atomic E-state index is 0.439. The number of nitrogens with two attached hydrogens (primary N) is 1. The molecule has 90 valence electrons. The van der Waals surface area contributed by atoms with Crippen LogP contribution in [0.5, 0.6) is 0 Å². The molecule has 1 aromatic carbocycles. The first-order chi connectivity index (χ1) is 8.06. The first-order valence-corrected chi connectivity index (χ1v) is 5.49. The largest absolute Gasteiger partial charge is 0.368 e. The zero-order valence-electron chi connectivity index (χ0n) is 10.4. The Balaban J connectivity index is 2.21. The highest BCUT2D eigenvalue weighted by atomic mass is 15.4. The lowest BCUT2D eigenvalue weighted by atomic mass is 10.1. The monoisotopic (exact) mass is 231 g/mol. The number of nitrogens with zero attached hydrogens (tertiary/aromatic N) is 4. The van der Waals surface area contributed by atoms with Gasteiger partial charge in [-0.05, 0) is 12.5 Å². The number of hydrogen-bond donors (Lipinski definition) is 1. The van der Waals surface area contributed by atoms with Gasteiger partial charge in [0.25, 0.3) is 0 Å². The van der Waals surface area contributed by atoms with Crippen molar-refractivity contribution in [2.75, 3.05) is 24.7 Å². The molecule has 5 nitrogen and oxygen atoms in total. The van der Waals surface area contributed by atoms with Gasteiger partial charge in [-0.2, -0.15) is 4.98 Å². The third kappa shape index (κ3) is 2.55. The van der Waals surface area contributed by atoms with Gasteiger partial charge in [-0.15, -0.1) is 5.10 Å². The van der Waals surface area contributed by atoms with E-state index in [1.54, 1.807) is 4.68 Å². The number of anilines is 2. The van der Waals surface area contributed by atoms with Gasteiger partial charge in [-0.1, -0.05) is 29.8 Å². The Hall–Kier alpha value is -2.04. The van der Waals surface area contributed by atoms with Gasteiger partial charge in [0.05, 0.1) is 6.54 Å². The molecule has 0 saturated heterocycles. The van der Waals surface area contributed by atoms with Crippen molar-refractivity contribution in [2.24, 2.45) is 0 Å². The summed E-state index contributed by atoms with van der Waals surface area (Å²) < 4.78 is 1.71. The summed E-state index contributed by atoms with van der Waals surface area (Å²) in [6.45, 7) is 2.71. The maximum atomic E-state index is 5.82. The Morgan fingerprint density at radius 1 is 1.24 bits per heavy atom. The Morgan fingerprint density at radius 3 is 2.41 bits per heavy atom. The molecule has 0 aliphatic rings. The van der Waals surface area contributed by atoms with Crippen molar-refractivity contribution in [3.8, 4) is 0 Å². The lowest BCUT2D eigenvalue weighted by Gasteiger charge is -2.05. The second-order valence-electron chi connectivity index (χ2n) is 4.31. The second kappa shape index (κ2) is 4.45. The van der Waals surface area contributed by atoms with E-state index in [1.165, 1.54) is 5.56 Å². The lowest BCUT2D eigenvalue weighted by Crippen LogP contribution is -2.11. The standard InChI is InChI=1S/C12H17N5/c1-9-4-6-10(7-5-9)8-17-11(13)14-12(15-17)16(2)3/h4-7H,8H2,1-3H3,(H2,13,14,15). The molecule has 0 amide bonds. The highest BCUT2D eigenvalue weighted by Crippen LogP contribution is 2.11. The number of nitrogen functional groups attached to an aromatic ring is 1. The minimum Gasteiger partial charge on any atom is -0.368 e. The van der Waals surface area contributed by atoms with Crippen LogP contribution >= 0.6 is 0 Å². The Bertz CT molecular complexity index is 498. The van der Waals surface area contributed by atoms with E-state index in [4.69, 9.17) is 5.73 Å². The average molecular weight is 231 g/mol. The van der Waals surface area contributed by atoms with Crippen molar-refractivity contribution in [1.82, 2.24) is 14.8 Å². The van der Waals surface area contributed by atoms with Crippen LogP contribution in [0.1, 0.15) is 11.1 Å². The van der Waals surface area contributed by atoms with Gasteiger partial charge >= 0.3 is 0 Å². The van der Waals surface area contributed by atoms with Crippen molar-refractivity contribution in [3.63, 3.8) is 0 Å². The predicted molar refractivity (Wildman–Crippen MR) is 69.0 cm³/mol. The molecule has 1 aromatic heterocycles. The van der Waals surface area contributed by atoms with Crippen LogP contribution in [0.3, 0.4) is 0 Å². The van der Waals surface area contributed by atoms with Crippen LogP contribution in [0.15, 0.2) is 24.3 Å². The summed E-state index contributed by atoms with van der Waals surface area (Å²) >= 11 is 0. The maximum Gasteiger partial charge on any atom is 0.246 e. The van der Waals surface area contributed by atoms with E-state index in [1.807, 2.05) is 19.0 Å². The molecular weight excluding hydrogens is 214 g/mol. The van der Waals surface area contributed by atoms with E-state index >= 15 is 0 Å². The van der Waals surface area contributed by atoms with Crippen molar-refractivity contribution in [1.29, 1.82) is 0 Å². The minimum atomic E-state index is 0.439. The van der Waals surface area contributed by atoms with Crippen molar-refractivity contribution >= 4 is 11.9 Å². The van der Waals surface area contributed by atoms with Crippen molar-refractivity contribution in [3.05, 3.63) is 35.4 Å². The average Bonchev–Trinajstić information content (AvgIpc) is 2.64. The summed E-state index contributed by atoms with van der Waals surface area (Å²) in [6, 6.07) is 8.31. The van der Waals surface area contributed by atoms with E-state index in [-0.39, 0.29) is 0 Å². The van der Waals surface area contributed by atoms with Gasteiger partial charge < -0.3 is 10.6 Å². The van der Waals surface area contributed by atoms with Crippen LogP contribution < -0.4 is 10.6 Å². The van der Waals surface area contributed by atoms with Gasteiger partial charge in [0.15, 0.2) is 0 Å².